The highest BCUT2D eigenvalue weighted by Gasteiger charge is 2.51. The molecule has 0 saturated carbocycles. The van der Waals surface area contributed by atoms with E-state index in [1.807, 2.05) is 60.7 Å². The molecule has 5 atom stereocenters. The van der Waals surface area contributed by atoms with Gasteiger partial charge in [-0.05, 0) is 35.4 Å². The highest BCUT2D eigenvalue weighted by molar-refractivity contribution is 5.66. The molecule has 3 aromatic carbocycles. The molecule has 0 spiro atoms. The average molecular weight is 551 g/mol. The Bertz CT molecular complexity index is 1200. The fourth-order valence-corrected chi connectivity index (χ4v) is 4.34. The molecular weight excluding hydrogens is 516 g/mol. The number of esters is 2. The summed E-state index contributed by atoms with van der Waals surface area (Å²) in [4.78, 5) is 24.0. The van der Waals surface area contributed by atoms with Gasteiger partial charge < -0.3 is 33.2 Å². The summed E-state index contributed by atoms with van der Waals surface area (Å²) in [6, 6.07) is 26.1. The second-order valence-electron chi connectivity index (χ2n) is 9.24. The molecule has 4 rings (SSSR count). The summed E-state index contributed by atoms with van der Waals surface area (Å²) < 4.78 is 41.5. The Morgan fingerprint density at radius 1 is 0.700 bits per heavy atom. The Balaban J connectivity index is 1.66. The lowest BCUT2D eigenvalue weighted by atomic mass is 9.97. The maximum absolute atomic E-state index is 12.3. The van der Waals surface area contributed by atoms with Crippen LogP contribution in [0.4, 0.5) is 0 Å². The summed E-state index contributed by atoms with van der Waals surface area (Å²) in [7, 11) is 1.57. The van der Waals surface area contributed by atoms with Crippen LogP contribution in [0.15, 0.2) is 84.9 Å². The summed E-state index contributed by atoms with van der Waals surface area (Å²) in [6.07, 6.45) is -4.48. The smallest absolute Gasteiger partial charge is 0.303 e. The van der Waals surface area contributed by atoms with E-state index in [9.17, 15) is 9.59 Å². The molecule has 3 aromatic rings. The molecule has 1 fully saturated rings. The molecule has 1 saturated heterocycles. The van der Waals surface area contributed by atoms with Gasteiger partial charge in [0.25, 0.3) is 0 Å². The Labute approximate surface area is 233 Å². The van der Waals surface area contributed by atoms with Crippen LogP contribution in [0.3, 0.4) is 0 Å². The van der Waals surface area contributed by atoms with Crippen LogP contribution < -0.4 is 9.47 Å². The third kappa shape index (κ3) is 8.29. The number of rotatable bonds is 12. The minimum absolute atomic E-state index is 0.116. The minimum atomic E-state index is -1.09. The van der Waals surface area contributed by atoms with Crippen LogP contribution in [0.2, 0.25) is 0 Å². The highest BCUT2D eigenvalue weighted by atomic mass is 16.7. The van der Waals surface area contributed by atoms with E-state index in [4.69, 9.17) is 33.2 Å². The lowest BCUT2D eigenvalue weighted by Gasteiger charge is -2.45. The van der Waals surface area contributed by atoms with Gasteiger partial charge in [-0.2, -0.15) is 0 Å². The fourth-order valence-electron chi connectivity index (χ4n) is 4.34. The Morgan fingerprint density at radius 3 is 1.77 bits per heavy atom. The molecule has 0 aliphatic carbocycles. The number of benzene rings is 3. The van der Waals surface area contributed by atoms with Crippen molar-refractivity contribution in [3.63, 3.8) is 0 Å². The van der Waals surface area contributed by atoms with Gasteiger partial charge in [-0.25, -0.2) is 0 Å². The first-order valence-electron chi connectivity index (χ1n) is 13.0. The Morgan fingerprint density at radius 2 is 1.25 bits per heavy atom. The summed E-state index contributed by atoms with van der Waals surface area (Å²) >= 11 is 0. The van der Waals surface area contributed by atoms with Gasteiger partial charge in [0.05, 0.1) is 20.3 Å². The SMILES string of the molecule is COc1ccc(O[C@H]2O[C@H](COC(C)=O)[C@@H](OCc3ccccc3)[C@H](OCc3ccccc3)[C@@H]2OC(C)=O)cc1. The van der Waals surface area contributed by atoms with Crippen molar-refractivity contribution in [3.05, 3.63) is 96.1 Å². The van der Waals surface area contributed by atoms with Gasteiger partial charge in [0.15, 0.2) is 6.10 Å². The molecule has 0 radical (unpaired) electrons. The maximum atomic E-state index is 12.3. The molecule has 0 unspecified atom stereocenters. The van der Waals surface area contributed by atoms with Gasteiger partial charge in [0.2, 0.25) is 6.29 Å². The monoisotopic (exact) mass is 550 g/mol. The standard InChI is InChI=1S/C31H34O9/c1-21(32)35-20-27-28(36-18-23-10-6-4-7-11-23)29(37-19-24-12-8-5-9-13-24)30(38-22(2)33)31(40-27)39-26-16-14-25(34-3)15-17-26/h4-17,27-31H,18-20H2,1-3H3/t27-,28-,29+,30+,31+/m1/s1. The number of hydrogen-bond donors (Lipinski definition) is 0. The zero-order valence-electron chi connectivity index (χ0n) is 22.8. The van der Waals surface area contributed by atoms with Crippen molar-refractivity contribution in [3.8, 4) is 11.5 Å². The summed E-state index contributed by atoms with van der Waals surface area (Å²) in [5.41, 5.74) is 1.85. The largest absolute Gasteiger partial charge is 0.497 e. The number of ether oxygens (including phenoxy) is 7. The normalized spacial score (nSPS) is 22.2. The van der Waals surface area contributed by atoms with E-state index in [1.165, 1.54) is 13.8 Å². The first-order chi connectivity index (χ1) is 19.4. The molecule has 1 aliphatic heterocycles. The minimum Gasteiger partial charge on any atom is -0.497 e. The highest BCUT2D eigenvalue weighted by Crippen LogP contribution is 2.32. The lowest BCUT2D eigenvalue weighted by Crippen LogP contribution is -2.63. The molecule has 212 valence electrons. The Kier molecular flexibility index (Phi) is 10.5. The first-order valence-corrected chi connectivity index (χ1v) is 13.0. The van der Waals surface area contributed by atoms with Gasteiger partial charge in [-0.3, -0.25) is 9.59 Å². The molecule has 40 heavy (non-hydrogen) atoms. The van der Waals surface area contributed by atoms with Gasteiger partial charge in [0, 0.05) is 13.8 Å². The van der Waals surface area contributed by atoms with Crippen molar-refractivity contribution in [2.45, 2.75) is 57.8 Å². The van der Waals surface area contributed by atoms with Crippen LogP contribution >= 0.6 is 0 Å². The lowest BCUT2D eigenvalue weighted by molar-refractivity contribution is -0.300. The van der Waals surface area contributed by atoms with Gasteiger partial charge >= 0.3 is 11.9 Å². The first kappa shape index (κ1) is 29.1. The predicted octanol–water partition coefficient (Wildman–Crippen LogP) is 4.46. The predicted molar refractivity (Wildman–Crippen MR) is 145 cm³/mol. The van der Waals surface area contributed by atoms with Gasteiger partial charge in [-0.1, -0.05) is 60.7 Å². The second-order valence-corrected chi connectivity index (χ2v) is 9.24. The zero-order valence-corrected chi connectivity index (χ0v) is 22.8. The Hall–Kier alpha value is -3.92. The molecule has 1 aliphatic rings. The topological polar surface area (TPSA) is 98.8 Å². The molecule has 9 nitrogen and oxygen atoms in total. The zero-order chi connectivity index (χ0) is 28.3. The molecule has 0 amide bonds. The van der Waals surface area contributed by atoms with Crippen LogP contribution in [0.25, 0.3) is 0 Å². The summed E-state index contributed by atoms with van der Waals surface area (Å²) in [6.45, 7) is 2.95. The fraction of sp³-hybridized carbons (Fsp3) is 0.355. The summed E-state index contributed by atoms with van der Waals surface area (Å²) in [5.74, 6) is 0.103. The number of methoxy groups -OCH3 is 1. The van der Waals surface area contributed by atoms with Crippen LogP contribution in [-0.4, -0.2) is 56.4 Å². The quantitative estimate of drug-likeness (QED) is 0.303. The second kappa shape index (κ2) is 14.5. The summed E-state index contributed by atoms with van der Waals surface area (Å²) in [5, 5.41) is 0. The molecule has 0 N–H and O–H groups in total. The van der Waals surface area contributed by atoms with Crippen LogP contribution in [0.1, 0.15) is 25.0 Å². The van der Waals surface area contributed by atoms with Crippen molar-refractivity contribution in [1.82, 2.24) is 0 Å². The van der Waals surface area contributed by atoms with Gasteiger partial charge in [-0.15, -0.1) is 0 Å². The van der Waals surface area contributed by atoms with Crippen LogP contribution in [0, 0.1) is 0 Å². The van der Waals surface area contributed by atoms with Gasteiger partial charge in [0.1, 0.15) is 36.4 Å². The van der Waals surface area contributed by atoms with E-state index in [-0.39, 0.29) is 19.8 Å². The molecule has 0 aromatic heterocycles. The van der Waals surface area contributed by atoms with Crippen molar-refractivity contribution in [2.24, 2.45) is 0 Å². The van der Waals surface area contributed by atoms with Crippen molar-refractivity contribution in [2.75, 3.05) is 13.7 Å². The number of hydrogen-bond acceptors (Lipinski definition) is 9. The van der Waals surface area contributed by atoms with E-state index in [1.54, 1.807) is 31.4 Å². The molecule has 1 heterocycles. The van der Waals surface area contributed by atoms with E-state index in [0.717, 1.165) is 11.1 Å². The van der Waals surface area contributed by atoms with Crippen LogP contribution in [0.5, 0.6) is 11.5 Å². The van der Waals surface area contributed by atoms with E-state index >= 15 is 0 Å². The van der Waals surface area contributed by atoms with E-state index < -0.39 is 42.6 Å². The third-order valence-corrected chi connectivity index (χ3v) is 6.23. The van der Waals surface area contributed by atoms with E-state index in [0.29, 0.717) is 11.5 Å². The molecule has 9 heteroatoms. The molecular formula is C31H34O9. The third-order valence-electron chi connectivity index (χ3n) is 6.23. The number of carbonyl (C=O) groups excluding carboxylic acids is 2. The molecule has 0 bridgehead atoms. The van der Waals surface area contributed by atoms with Crippen molar-refractivity contribution < 1.29 is 42.7 Å². The van der Waals surface area contributed by atoms with Crippen molar-refractivity contribution >= 4 is 11.9 Å². The number of carbonyl (C=O) groups is 2. The maximum Gasteiger partial charge on any atom is 0.303 e. The van der Waals surface area contributed by atoms with Crippen molar-refractivity contribution in [1.29, 1.82) is 0 Å². The average Bonchev–Trinajstić information content (AvgIpc) is 2.96. The van der Waals surface area contributed by atoms with E-state index in [2.05, 4.69) is 0 Å². The van der Waals surface area contributed by atoms with Crippen LogP contribution in [-0.2, 0) is 46.5 Å².